The average molecular weight is 258 g/mol. The maximum atomic E-state index is 5.76. The van der Waals surface area contributed by atoms with Crippen molar-refractivity contribution < 1.29 is 9.47 Å². The summed E-state index contributed by atoms with van der Waals surface area (Å²) >= 11 is 0. The number of pyridine rings is 1. The summed E-state index contributed by atoms with van der Waals surface area (Å²) in [4.78, 5) is 4.22. The van der Waals surface area contributed by atoms with E-state index in [0.29, 0.717) is 12.5 Å². The van der Waals surface area contributed by atoms with Crippen LogP contribution < -0.4 is 15.2 Å². The largest absolute Gasteiger partial charge is 0.497 e. The van der Waals surface area contributed by atoms with Crippen LogP contribution in [0.4, 0.5) is 0 Å². The van der Waals surface area contributed by atoms with Crippen LogP contribution in [0.25, 0.3) is 0 Å². The van der Waals surface area contributed by atoms with E-state index in [0.717, 1.165) is 16.9 Å². The molecule has 0 radical (unpaired) electrons. The van der Waals surface area contributed by atoms with Crippen molar-refractivity contribution >= 4 is 0 Å². The lowest BCUT2D eigenvalue weighted by Gasteiger charge is -2.08. The minimum atomic E-state index is -0.0110. The first-order valence-electron chi connectivity index (χ1n) is 6.16. The number of benzene rings is 1. The van der Waals surface area contributed by atoms with Crippen LogP contribution in [0.15, 0.2) is 42.6 Å². The predicted octanol–water partition coefficient (Wildman–Crippen LogP) is 2.69. The molecule has 0 saturated carbocycles. The summed E-state index contributed by atoms with van der Waals surface area (Å²) in [7, 11) is 1.65. The Hall–Kier alpha value is -2.07. The Morgan fingerprint density at radius 1 is 1.16 bits per heavy atom. The number of nitrogens with zero attached hydrogens (tertiary/aromatic N) is 1. The van der Waals surface area contributed by atoms with Gasteiger partial charge in [0.2, 0.25) is 5.88 Å². The van der Waals surface area contributed by atoms with E-state index in [2.05, 4.69) is 4.98 Å². The van der Waals surface area contributed by atoms with Crippen LogP contribution in [0.2, 0.25) is 0 Å². The van der Waals surface area contributed by atoms with Crippen molar-refractivity contribution in [1.82, 2.24) is 4.98 Å². The first-order valence-corrected chi connectivity index (χ1v) is 6.16. The van der Waals surface area contributed by atoms with Gasteiger partial charge < -0.3 is 15.2 Å². The van der Waals surface area contributed by atoms with Gasteiger partial charge in [-0.1, -0.05) is 18.2 Å². The first-order chi connectivity index (χ1) is 9.19. The van der Waals surface area contributed by atoms with Gasteiger partial charge in [0.1, 0.15) is 12.4 Å². The Morgan fingerprint density at radius 3 is 2.42 bits per heavy atom. The van der Waals surface area contributed by atoms with E-state index in [9.17, 15) is 0 Å². The molecule has 0 unspecified atom stereocenters. The minimum Gasteiger partial charge on any atom is -0.497 e. The van der Waals surface area contributed by atoms with Crippen LogP contribution in [0.3, 0.4) is 0 Å². The predicted molar refractivity (Wildman–Crippen MR) is 74.2 cm³/mol. The Balaban J connectivity index is 1.94. The summed E-state index contributed by atoms with van der Waals surface area (Å²) in [5.41, 5.74) is 7.83. The fourth-order valence-corrected chi connectivity index (χ4v) is 1.63. The molecule has 0 saturated heterocycles. The van der Waals surface area contributed by atoms with E-state index < -0.39 is 0 Å². The second kappa shape index (κ2) is 6.20. The molecule has 0 aliphatic carbocycles. The van der Waals surface area contributed by atoms with Crippen molar-refractivity contribution in [3.63, 3.8) is 0 Å². The third-order valence-electron chi connectivity index (χ3n) is 2.83. The topological polar surface area (TPSA) is 57.4 Å². The molecule has 1 aromatic heterocycles. The van der Waals surface area contributed by atoms with Gasteiger partial charge in [-0.15, -0.1) is 0 Å². The van der Waals surface area contributed by atoms with Crippen molar-refractivity contribution in [2.24, 2.45) is 5.73 Å². The van der Waals surface area contributed by atoms with Crippen molar-refractivity contribution in [2.75, 3.05) is 7.11 Å². The molecule has 1 heterocycles. The SMILES string of the molecule is COc1ccc(COc2ccc([C@@H](C)N)cn2)cc1. The van der Waals surface area contributed by atoms with Crippen molar-refractivity contribution in [3.05, 3.63) is 53.7 Å². The normalized spacial score (nSPS) is 11.9. The van der Waals surface area contributed by atoms with E-state index >= 15 is 0 Å². The van der Waals surface area contributed by atoms with Gasteiger partial charge in [-0.05, 0) is 30.2 Å². The van der Waals surface area contributed by atoms with Crippen LogP contribution in [-0.2, 0) is 6.61 Å². The molecular weight excluding hydrogens is 240 g/mol. The zero-order valence-electron chi connectivity index (χ0n) is 11.2. The number of methoxy groups -OCH3 is 1. The van der Waals surface area contributed by atoms with E-state index in [1.165, 1.54) is 0 Å². The Labute approximate surface area is 113 Å². The summed E-state index contributed by atoms with van der Waals surface area (Å²) in [6.07, 6.45) is 1.74. The molecule has 4 nitrogen and oxygen atoms in total. The second-order valence-corrected chi connectivity index (χ2v) is 4.36. The standard InChI is InChI=1S/C15H18N2O2/c1-11(16)13-5-8-15(17-9-13)19-10-12-3-6-14(18-2)7-4-12/h3-9,11H,10,16H2,1-2H3/t11-/m1/s1. The van der Waals surface area contributed by atoms with Crippen LogP contribution in [0.5, 0.6) is 11.6 Å². The van der Waals surface area contributed by atoms with Gasteiger partial charge in [-0.25, -0.2) is 4.98 Å². The Kier molecular flexibility index (Phi) is 4.36. The zero-order chi connectivity index (χ0) is 13.7. The molecular formula is C15H18N2O2. The lowest BCUT2D eigenvalue weighted by atomic mass is 10.2. The summed E-state index contributed by atoms with van der Waals surface area (Å²) in [5, 5.41) is 0. The third-order valence-corrected chi connectivity index (χ3v) is 2.83. The van der Waals surface area contributed by atoms with Gasteiger partial charge in [0.05, 0.1) is 7.11 Å². The number of rotatable bonds is 5. The van der Waals surface area contributed by atoms with Gasteiger partial charge in [0.15, 0.2) is 0 Å². The number of hydrogen-bond donors (Lipinski definition) is 1. The van der Waals surface area contributed by atoms with E-state index in [-0.39, 0.29) is 6.04 Å². The summed E-state index contributed by atoms with van der Waals surface area (Å²) < 4.78 is 10.7. The van der Waals surface area contributed by atoms with Crippen LogP contribution in [0, 0.1) is 0 Å². The highest BCUT2D eigenvalue weighted by atomic mass is 16.5. The molecule has 0 spiro atoms. The highest BCUT2D eigenvalue weighted by Crippen LogP contribution is 2.15. The molecule has 2 aromatic rings. The monoisotopic (exact) mass is 258 g/mol. The molecule has 0 bridgehead atoms. The second-order valence-electron chi connectivity index (χ2n) is 4.36. The van der Waals surface area contributed by atoms with Gasteiger partial charge >= 0.3 is 0 Å². The van der Waals surface area contributed by atoms with Crippen LogP contribution in [0.1, 0.15) is 24.1 Å². The first kappa shape index (κ1) is 13.4. The molecule has 2 N–H and O–H groups in total. The summed E-state index contributed by atoms with van der Waals surface area (Å²) in [5.74, 6) is 1.43. The molecule has 19 heavy (non-hydrogen) atoms. The number of nitrogens with two attached hydrogens (primary N) is 1. The highest BCUT2D eigenvalue weighted by Gasteiger charge is 2.01. The van der Waals surface area contributed by atoms with Crippen molar-refractivity contribution in [1.29, 1.82) is 0 Å². The van der Waals surface area contributed by atoms with Gasteiger partial charge in [0.25, 0.3) is 0 Å². The van der Waals surface area contributed by atoms with E-state index in [1.54, 1.807) is 13.3 Å². The molecule has 0 aliphatic rings. The quantitative estimate of drug-likeness (QED) is 0.895. The number of aromatic nitrogens is 1. The third kappa shape index (κ3) is 3.69. The molecule has 0 aliphatic heterocycles. The van der Waals surface area contributed by atoms with Crippen LogP contribution in [-0.4, -0.2) is 12.1 Å². The Bertz CT molecular complexity index is 507. The minimum absolute atomic E-state index is 0.0110. The molecule has 4 heteroatoms. The van der Waals surface area contributed by atoms with Crippen molar-refractivity contribution in [3.8, 4) is 11.6 Å². The molecule has 1 atom stereocenters. The molecule has 0 fully saturated rings. The maximum Gasteiger partial charge on any atom is 0.213 e. The zero-order valence-corrected chi connectivity index (χ0v) is 11.2. The number of hydrogen-bond acceptors (Lipinski definition) is 4. The molecule has 100 valence electrons. The smallest absolute Gasteiger partial charge is 0.213 e. The van der Waals surface area contributed by atoms with Crippen molar-refractivity contribution in [2.45, 2.75) is 19.6 Å². The summed E-state index contributed by atoms with van der Waals surface area (Å²) in [6.45, 7) is 2.41. The van der Waals surface area contributed by atoms with Gasteiger partial charge in [-0.3, -0.25) is 0 Å². The number of ether oxygens (including phenoxy) is 2. The highest BCUT2D eigenvalue weighted by molar-refractivity contribution is 5.27. The molecule has 0 amide bonds. The fourth-order valence-electron chi connectivity index (χ4n) is 1.63. The average Bonchev–Trinajstić information content (AvgIpc) is 2.46. The fraction of sp³-hybridized carbons (Fsp3) is 0.267. The molecule has 2 rings (SSSR count). The lowest BCUT2D eigenvalue weighted by molar-refractivity contribution is 0.293. The van der Waals surface area contributed by atoms with Crippen LogP contribution >= 0.6 is 0 Å². The lowest BCUT2D eigenvalue weighted by Crippen LogP contribution is -2.05. The van der Waals surface area contributed by atoms with E-state index in [4.69, 9.17) is 15.2 Å². The summed E-state index contributed by atoms with van der Waals surface area (Å²) in [6, 6.07) is 11.5. The van der Waals surface area contributed by atoms with E-state index in [1.807, 2.05) is 43.3 Å². The molecule has 1 aromatic carbocycles. The van der Waals surface area contributed by atoms with Gasteiger partial charge in [0, 0.05) is 18.3 Å². The van der Waals surface area contributed by atoms with Gasteiger partial charge in [-0.2, -0.15) is 0 Å². The maximum absolute atomic E-state index is 5.76. The Morgan fingerprint density at radius 2 is 1.89 bits per heavy atom.